The summed E-state index contributed by atoms with van der Waals surface area (Å²) < 4.78 is 1.85. The zero-order valence-corrected chi connectivity index (χ0v) is 12.7. The third kappa shape index (κ3) is 2.79. The molecule has 0 bridgehead atoms. The lowest BCUT2D eigenvalue weighted by molar-refractivity contribution is 0.178. The van der Waals surface area contributed by atoms with Gasteiger partial charge in [-0.25, -0.2) is 4.98 Å². The Labute approximate surface area is 123 Å². The van der Waals surface area contributed by atoms with Crippen molar-refractivity contribution >= 4 is 11.3 Å². The largest absolute Gasteiger partial charge is 0.387 e. The van der Waals surface area contributed by atoms with Crippen LogP contribution in [0.4, 0.5) is 0 Å². The van der Waals surface area contributed by atoms with Crippen LogP contribution in [-0.2, 0) is 25.8 Å². The molecule has 2 aromatic rings. The molecular weight excluding hydrogens is 270 g/mol. The molecule has 1 unspecified atom stereocenters. The van der Waals surface area contributed by atoms with Crippen molar-refractivity contribution in [3.8, 4) is 0 Å². The van der Waals surface area contributed by atoms with Crippen molar-refractivity contribution in [1.29, 1.82) is 0 Å². The minimum Gasteiger partial charge on any atom is -0.387 e. The van der Waals surface area contributed by atoms with E-state index in [1.807, 2.05) is 11.6 Å². The second kappa shape index (κ2) is 6.06. The SMILES string of the molecule is CCn1ncnc1CC(O)c1cc2c(s1)CCCCC2. The molecule has 3 rings (SSSR count). The van der Waals surface area contributed by atoms with Gasteiger partial charge < -0.3 is 5.11 Å². The Morgan fingerprint density at radius 2 is 2.20 bits per heavy atom. The van der Waals surface area contributed by atoms with Gasteiger partial charge in [-0.3, -0.25) is 4.68 Å². The standard InChI is InChI=1S/C15H21N3OS/c1-2-18-15(16-10-17-18)9-12(19)14-8-11-6-4-3-5-7-13(11)20-14/h8,10,12,19H,2-7,9H2,1H3. The molecule has 1 aliphatic carbocycles. The molecule has 0 spiro atoms. The molecule has 0 fully saturated rings. The number of fused-ring (bicyclic) bond motifs is 1. The van der Waals surface area contributed by atoms with Crippen molar-refractivity contribution in [2.75, 3.05) is 0 Å². The molecular formula is C15H21N3OS. The number of aromatic nitrogens is 3. The van der Waals surface area contributed by atoms with Gasteiger partial charge in [-0.05, 0) is 44.2 Å². The summed E-state index contributed by atoms with van der Waals surface area (Å²) in [6.07, 6.45) is 7.90. The number of thiophene rings is 1. The number of nitrogens with zero attached hydrogens (tertiary/aromatic N) is 3. The van der Waals surface area contributed by atoms with Crippen LogP contribution in [0.1, 0.15) is 53.4 Å². The Balaban J connectivity index is 1.75. The summed E-state index contributed by atoms with van der Waals surface area (Å²) in [7, 11) is 0. The quantitative estimate of drug-likeness (QED) is 0.881. The summed E-state index contributed by atoms with van der Waals surface area (Å²) in [5, 5.41) is 14.6. The maximum absolute atomic E-state index is 10.5. The molecule has 0 aromatic carbocycles. The molecule has 0 amide bonds. The van der Waals surface area contributed by atoms with Gasteiger partial charge in [0.1, 0.15) is 12.2 Å². The lowest BCUT2D eigenvalue weighted by Gasteiger charge is -2.08. The second-order valence-electron chi connectivity index (χ2n) is 5.37. The van der Waals surface area contributed by atoms with E-state index in [4.69, 9.17) is 0 Å². The molecule has 1 N–H and O–H groups in total. The number of hydrogen-bond donors (Lipinski definition) is 1. The van der Waals surface area contributed by atoms with E-state index >= 15 is 0 Å². The van der Waals surface area contributed by atoms with Crippen molar-refractivity contribution in [1.82, 2.24) is 14.8 Å². The van der Waals surface area contributed by atoms with Crippen LogP contribution in [0.25, 0.3) is 0 Å². The molecule has 0 saturated heterocycles. The fourth-order valence-electron chi connectivity index (χ4n) is 2.84. The summed E-state index contributed by atoms with van der Waals surface area (Å²) in [5.41, 5.74) is 1.46. The summed E-state index contributed by atoms with van der Waals surface area (Å²) >= 11 is 1.78. The predicted molar refractivity (Wildman–Crippen MR) is 79.9 cm³/mol. The Morgan fingerprint density at radius 3 is 3.05 bits per heavy atom. The molecule has 108 valence electrons. The van der Waals surface area contributed by atoms with Gasteiger partial charge in [-0.2, -0.15) is 5.10 Å². The van der Waals surface area contributed by atoms with E-state index in [0.29, 0.717) is 6.42 Å². The van der Waals surface area contributed by atoms with Gasteiger partial charge in [0, 0.05) is 22.7 Å². The Kier molecular flexibility index (Phi) is 4.17. The molecule has 0 saturated carbocycles. The van der Waals surface area contributed by atoms with Crippen molar-refractivity contribution in [3.63, 3.8) is 0 Å². The molecule has 0 radical (unpaired) electrons. The average Bonchev–Trinajstić information content (AvgIpc) is 3.00. The van der Waals surface area contributed by atoms with E-state index < -0.39 is 6.10 Å². The van der Waals surface area contributed by atoms with Gasteiger partial charge in [0.05, 0.1) is 6.10 Å². The highest BCUT2D eigenvalue weighted by atomic mass is 32.1. The first-order valence-corrected chi connectivity index (χ1v) is 8.25. The molecule has 0 aliphatic heterocycles. The molecule has 2 heterocycles. The highest BCUT2D eigenvalue weighted by Crippen LogP contribution is 2.33. The van der Waals surface area contributed by atoms with Gasteiger partial charge in [0.2, 0.25) is 0 Å². The van der Waals surface area contributed by atoms with E-state index in [1.54, 1.807) is 17.7 Å². The number of hydrogen-bond acceptors (Lipinski definition) is 4. The minimum atomic E-state index is -0.457. The fourth-order valence-corrected chi connectivity index (χ4v) is 4.08. The van der Waals surface area contributed by atoms with Gasteiger partial charge in [0.15, 0.2) is 0 Å². The second-order valence-corrected chi connectivity index (χ2v) is 6.54. The van der Waals surface area contributed by atoms with Gasteiger partial charge in [-0.1, -0.05) is 6.42 Å². The summed E-state index contributed by atoms with van der Waals surface area (Å²) in [4.78, 5) is 6.81. The van der Waals surface area contributed by atoms with Crippen LogP contribution in [0.15, 0.2) is 12.4 Å². The highest BCUT2D eigenvalue weighted by molar-refractivity contribution is 7.12. The number of rotatable bonds is 4. The van der Waals surface area contributed by atoms with Crippen LogP contribution in [0.2, 0.25) is 0 Å². The van der Waals surface area contributed by atoms with Crippen molar-refractivity contribution in [2.24, 2.45) is 0 Å². The van der Waals surface area contributed by atoms with E-state index in [1.165, 1.54) is 42.5 Å². The zero-order valence-electron chi connectivity index (χ0n) is 11.9. The Morgan fingerprint density at radius 1 is 1.35 bits per heavy atom. The van der Waals surface area contributed by atoms with Crippen LogP contribution >= 0.6 is 11.3 Å². The third-order valence-corrected chi connectivity index (χ3v) is 5.30. The maximum atomic E-state index is 10.5. The summed E-state index contributed by atoms with van der Waals surface area (Å²) in [6.45, 7) is 2.83. The highest BCUT2D eigenvalue weighted by Gasteiger charge is 2.18. The zero-order chi connectivity index (χ0) is 13.9. The van der Waals surface area contributed by atoms with Gasteiger partial charge in [-0.15, -0.1) is 11.3 Å². The van der Waals surface area contributed by atoms with Crippen LogP contribution in [-0.4, -0.2) is 19.9 Å². The minimum absolute atomic E-state index is 0.457. The van der Waals surface area contributed by atoms with Crippen molar-refractivity contribution < 1.29 is 5.11 Å². The van der Waals surface area contributed by atoms with Gasteiger partial charge >= 0.3 is 0 Å². The maximum Gasteiger partial charge on any atom is 0.138 e. The average molecular weight is 291 g/mol. The van der Waals surface area contributed by atoms with Crippen LogP contribution in [0, 0.1) is 0 Å². The number of aliphatic hydroxyl groups excluding tert-OH is 1. The predicted octanol–water partition coefficient (Wildman–Crippen LogP) is 2.90. The topological polar surface area (TPSA) is 50.9 Å². The molecule has 1 atom stereocenters. The van der Waals surface area contributed by atoms with E-state index in [-0.39, 0.29) is 0 Å². The number of aryl methyl sites for hydroxylation is 3. The summed E-state index contributed by atoms with van der Waals surface area (Å²) in [5.74, 6) is 0.864. The monoisotopic (exact) mass is 291 g/mol. The normalized spacial score (nSPS) is 16.7. The first kappa shape index (κ1) is 13.8. The Hall–Kier alpha value is -1.20. The van der Waals surface area contributed by atoms with Crippen LogP contribution in [0.3, 0.4) is 0 Å². The molecule has 1 aliphatic rings. The van der Waals surface area contributed by atoms with E-state index in [0.717, 1.165) is 17.2 Å². The smallest absolute Gasteiger partial charge is 0.138 e. The van der Waals surface area contributed by atoms with E-state index in [9.17, 15) is 5.11 Å². The molecule has 4 nitrogen and oxygen atoms in total. The molecule has 5 heteroatoms. The first-order chi connectivity index (χ1) is 9.78. The third-order valence-electron chi connectivity index (χ3n) is 3.97. The molecule has 20 heavy (non-hydrogen) atoms. The van der Waals surface area contributed by atoms with E-state index in [2.05, 4.69) is 16.1 Å². The van der Waals surface area contributed by atoms with Crippen LogP contribution in [0.5, 0.6) is 0 Å². The fraction of sp³-hybridized carbons (Fsp3) is 0.600. The summed E-state index contributed by atoms with van der Waals surface area (Å²) in [6, 6.07) is 2.21. The van der Waals surface area contributed by atoms with Gasteiger partial charge in [0.25, 0.3) is 0 Å². The van der Waals surface area contributed by atoms with Crippen molar-refractivity contribution in [2.45, 2.75) is 58.1 Å². The number of aliphatic hydroxyl groups is 1. The first-order valence-electron chi connectivity index (χ1n) is 7.44. The molecule has 2 aromatic heterocycles. The lowest BCUT2D eigenvalue weighted by atomic mass is 10.1. The van der Waals surface area contributed by atoms with Crippen LogP contribution < -0.4 is 0 Å². The Bertz CT molecular complexity index is 552. The lowest BCUT2D eigenvalue weighted by Crippen LogP contribution is -2.08. The van der Waals surface area contributed by atoms with Crippen molar-refractivity contribution in [3.05, 3.63) is 33.5 Å².